The van der Waals surface area contributed by atoms with Crippen LogP contribution in [0.1, 0.15) is 64.2 Å². The van der Waals surface area contributed by atoms with Crippen molar-refractivity contribution in [3.05, 3.63) is 0 Å². The molecular formula is C18H32S4. The third-order valence-electron chi connectivity index (χ3n) is 5.19. The van der Waals surface area contributed by atoms with Crippen LogP contribution in [0, 0.1) is 0 Å². The van der Waals surface area contributed by atoms with Gasteiger partial charge in [-0.05, 0) is 61.5 Å². The highest BCUT2D eigenvalue weighted by Crippen LogP contribution is 2.40. The molecule has 0 aromatic heterocycles. The lowest BCUT2D eigenvalue weighted by Gasteiger charge is -2.32. The Balaban J connectivity index is 1.50. The number of hydrogen-bond acceptors (Lipinski definition) is 4. The van der Waals surface area contributed by atoms with Crippen molar-refractivity contribution in [3.63, 3.8) is 0 Å². The van der Waals surface area contributed by atoms with Gasteiger partial charge < -0.3 is 0 Å². The van der Waals surface area contributed by atoms with Crippen molar-refractivity contribution in [2.45, 2.75) is 85.2 Å². The van der Waals surface area contributed by atoms with E-state index in [-0.39, 0.29) is 0 Å². The molecule has 4 heteroatoms. The molecule has 1 heterocycles. The second kappa shape index (κ2) is 10.4. The minimum Gasteiger partial charge on any atom is -0.157 e. The average molecular weight is 377 g/mol. The summed E-state index contributed by atoms with van der Waals surface area (Å²) in [6, 6.07) is 0. The first kappa shape index (κ1) is 18.2. The lowest BCUT2D eigenvalue weighted by atomic mass is 10.00. The third-order valence-corrected chi connectivity index (χ3v) is 11.6. The number of fused-ring (bicyclic) bond motifs is 2. The summed E-state index contributed by atoms with van der Waals surface area (Å²) >= 11 is 9.29. The average Bonchev–Trinajstić information content (AvgIpc) is 2.56. The zero-order chi connectivity index (χ0) is 15.0. The van der Waals surface area contributed by atoms with Gasteiger partial charge in [0.15, 0.2) is 0 Å². The molecule has 1 saturated heterocycles. The van der Waals surface area contributed by atoms with E-state index in [2.05, 4.69) is 47.0 Å². The van der Waals surface area contributed by atoms with Crippen LogP contribution in [0.3, 0.4) is 0 Å². The largest absolute Gasteiger partial charge is 0.157 e. The molecule has 1 aliphatic heterocycles. The fraction of sp³-hybridized carbons (Fsp3) is 1.00. The van der Waals surface area contributed by atoms with Crippen LogP contribution in [-0.4, -0.2) is 44.0 Å². The van der Waals surface area contributed by atoms with Crippen LogP contribution in [0.25, 0.3) is 0 Å². The van der Waals surface area contributed by atoms with Crippen LogP contribution < -0.4 is 0 Å². The summed E-state index contributed by atoms with van der Waals surface area (Å²) in [6.07, 6.45) is 14.8. The molecule has 3 fully saturated rings. The maximum Gasteiger partial charge on any atom is 0.0166 e. The van der Waals surface area contributed by atoms with Crippen LogP contribution in [0.15, 0.2) is 0 Å². The number of rotatable bonds is 0. The molecule has 0 N–H and O–H groups in total. The van der Waals surface area contributed by atoms with Crippen molar-refractivity contribution in [2.24, 2.45) is 0 Å². The maximum atomic E-state index is 2.32. The molecule has 128 valence electrons. The van der Waals surface area contributed by atoms with Gasteiger partial charge in [-0.25, -0.2) is 0 Å². The summed E-state index contributed by atoms with van der Waals surface area (Å²) in [7, 11) is 0. The van der Waals surface area contributed by atoms with Crippen LogP contribution in [0.4, 0.5) is 0 Å². The van der Waals surface area contributed by atoms with E-state index in [9.17, 15) is 0 Å². The first-order chi connectivity index (χ1) is 10.9. The molecular weight excluding hydrogens is 344 g/mol. The highest BCUT2D eigenvalue weighted by molar-refractivity contribution is 8.04. The number of thioether (sulfide) groups is 4. The van der Waals surface area contributed by atoms with E-state index in [4.69, 9.17) is 0 Å². The van der Waals surface area contributed by atoms with Crippen LogP contribution in [-0.2, 0) is 0 Å². The summed E-state index contributed by atoms with van der Waals surface area (Å²) < 4.78 is 0. The van der Waals surface area contributed by atoms with Crippen molar-refractivity contribution < 1.29 is 0 Å². The Morgan fingerprint density at radius 3 is 0.909 bits per heavy atom. The van der Waals surface area contributed by atoms with Gasteiger partial charge in [0.05, 0.1) is 0 Å². The Morgan fingerprint density at radius 1 is 0.364 bits per heavy atom. The molecule has 0 spiro atoms. The molecule has 0 bridgehead atoms. The van der Waals surface area contributed by atoms with E-state index >= 15 is 0 Å². The van der Waals surface area contributed by atoms with Crippen molar-refractivity contribution in [2.75, 3.05) is 23.0 Å². The monoisotopic (exact) mass is 376 g/mol. The van der Waals surface area contributed by atoms with E-state index in [1.165, 1.54) is 87.2 Å². The highest BCUT2D eigenvalue weighted by atomic mass is 32.2. The molecule has 3 aliphatic rings. The lowest BCUT2D eigenvalue weighted by Crippen LogP contribution is -2.27. The fourth-order valence-electron chi connectivity index (χ4n) is 3.94. The lowest BCUT2D eigenvalue weighted by molar-refractivity contribution is 0.526. The van der Waals surface area contributed by atoms with Crippen molar-refractivity contribution in [3.8, 4) is 0 Å². The zero-order valence-electron chi connectivity index (χ0n) is 13.8. The molecule has 2 saturated carbocycles. The van der Waals surface area contributed by atoms with Gasteiger partial charge in [0.1, 0.15) is 0 Å². The second-order valence-electron chi connectivity index (χ2n) is 6.91. The van der Waals surface area contributed by atoms with E-state index in [1.807, 2.05) is 0 Å². The van der Waals surface area contributed by atoms with Gasteiger partial charge in [-0.2, -0.15) is 47.0 Å². The fourth-order valence-corrected chi connectivity index (χ4v) is 10.4. The Morgan fingerprint density at radius 2 is 0.636 bits per heavy atom. The van der Waals surface area contributed by atoms with Gasteiger partial charge in [0.2, 0.25) is 0 Å². The zero-order valence-corrected chi connectivity index (χ0v) is 17.1. The molecule has 0 unspecified atom stereocenters. The number of hydrogen-bond donors (Lipinski definition) is 0. The Kier molecular flexibility index (Phi) is 8.61. The van der Waals surface area contributed by atoms with Crippen molar-refractivity contribution in [1.82, 2.24) is 0 Å². The summed E-state index contributed by atoms with van der Waals surface area (Å²) in [6.45, 7) is 0. The molecule has 4 atom stereocenters. The topological polar surface area (TPSA) is 0 Å². The molecule has 0 nitrogen and oxygen atoms in total. The van der Waals surface area contributed by atoms with Crippen molar-refractivity contribution >= 4 is 47.0 Å². The Bertz CT molecular complexity index is 251. The van der Waals surface area contributed by atoms with Gasteiger partial charge in [-0.1, -0.05) is 25.7 Å². The summed E-state index contributed by atoms with van der Waals surface area (Å²) in [5, 5.41) is 3.90. The molecule has 0 radical (unpaired) electrons. The van der Waals surface area contributed by atoms with Gasteiger partial charge in [-0.15, -0.1) is 0 Å². The van der Waals surface area contributed by atoms with E-state index < -0.39 is 0 Å². The SMILES string of the molecule is C1CS[C@H]2CCCC[C@@H]2SCCCS[C@H]2CCCC[C@@H]2SC1. The molecule has 2 aliphatic carbocycles. The summed E-state index contributed by atoms with van der Waals surface area (Å²) in [5.74, 6) is 5.66. The molecule has 22 heavy (non-hydrogen) atoms. The predicted molar refractivity (Wildman–Crippen MR) is 111 cm³/mol. The van der Waals surface area contributed by atoms with Crippen LogP contribution in [0.2, 0.25) is 0 Å². The Hall–Kier alpha value is 1.40. The molecule has 3 rings (SSSR count). The van der Waals surface area contributed by atoms with Crippen LogP contribution >= 0.6 is 47.0 Å². The minimum atomic E-state index is 0.974. The van der Waals surface area contributed by atoms with Gasteiger partial charge in [0, 0.05) is 21.0 Å². The molecule has 0 amide bonds. The second-order valence-corrected chi connectivity index (χ2v) is 12.3. The van der Waals surface area contributed by atoms with E-state index in [0.29, 0.717) is 0 Å². The quantitative estimate of drug-likeness (QED) is 0.484. The normalized spacial score (nSPS) is 39.3. The van der Waals surface area contributed by atoms with E-state index in [0.717, 1.165) is 21.0 Å². The van der Waals surface area contributed by atoms with Gasteiger partial charge >= 0.3 is 0 Å². The smallest absolute Gasteiger partial charge is 0.0166 e. The molecule has 0 aromatic rings. The highest BCUT2D eigenvalue weighted by Gasteiger charge is 2.27. The summed E-state index contributed by atoms with van der Waals surface area (Å²) in [5.41, 5.74) is 0. The standard InChI is InChI=1S/C18H32S4/c1-2-8-16-15(7-1)19-11-5-13-21-17-9-3-4-10-18(17)22-14-6-12-20-16/h15-18H,1-14H2/t15-,16-,17-,18-/m0/s1. The minimum absolute atomic E-state index is 0.974. The van der Waals surface area contributed by atoms with Crippen LogP contribution in [0.5, 0.6) is 0 Å². The maximum absolute atomic E-state index is 2.32. The van der Waals surface area contributed by atoms with Gasteiger partial charge in [0.25, 0.3) is 0 Å². The van der Waals surface area contributed by atoms with Crippen molar-refractivity contribution in [1.29, 1.82) is 0 Å². The summed E-state index contributed by atoms with van der Waals surface area (Å²) in [4.78, 5) is 0. The predicted octanol–water partition coefficient (Wildman–Crippen LogP) is 6.34. The third kappa shape index (κ3) is 5.74. The van der Waals surface area contributed by atoms with Gasteiger partial charge in [-0.3, -0.25) is 0 Å². The first-order valence-electron chi connectivity index (χ1n) is 9.40. The van der Waals surface area contributed by atoms with E-state index in [1.54, 1.807) is 0 Å². The molecule has 0 aromatic carbocycles. The Labute approximate surface area is 154 Å². The first-order valence-corrected chi connectivity index (χ1v) is 13.6.